The fourth-order valence-electron chi connectivity index (χ4n) is 7.08. The molecular formula is C33H45BrN2O5S. The van der Waals surface area contributed by atoms with Crippen LogP contribution in [0.25, 0.3) is 0 Å². The van der Waals surface area contributed by atoms with Gasteiger partial charge in [-0.05, 0) is 69.1 Å². The molecule has 7 nitrogen and oxygen atoms in total. The number of anilines is 1. The predicted molar refractivity (Wildman–Crippen MR) is 173 cm³/mol. The molecule has 2 bridgehead atoms. The smallest absolute Gasteiger partial charge is 0.310 e. The number of alkyl halides is 1. The Labute approximate surface area is 263 Å². The number of aryl methyl sites for hydroxylation is 2. The summed E-state index contributed by atoms with van der Waals surface area (Å²) in [4.78, 5) is 46.4. The molecule has 0 aromatic heterocycles. The molecule has 3 aliphatic rings. The summed E-state index contributed by atoms with van der Waals surface area (Å²) in [5.74, 6) is -1.96. The van der Waals surface area contributed by atoms with Gasteiger partial charge in [0.1, 0.15) is 6.04 Å². The van der Waals surface area contributed by atoms with Crippen LogP contribution in [0.1, 0.15) is 57.1 Å². The largest absolute Gasteiger partial charge is 0.465 e. The van der Waals surface area contributed by atoms with Crippen LogP contribution in [0.5, 0.6) is 0 Å². The Hall–Kier alpha value is -2.10. The normalized spacial score (nSPS) is 28.6. The van der Waals surface area contributed by atoms with E-state index in [9.17, 15) is 19.5 Å². The van der Waals surface area contributed by atoms with Crippen molar-refractivity contribution in [2.24, 2.45) is 17.8 Å². The molecule has 7 atom stereocenters. The maximum absolute atomic E-state index is 14.9. The monoisotopic (exact) mass is 660 g/mol. The van der Waals surface area contributed by atoms with E-state index in [1.165, 1.54) is 0 Å². The van der Waals surface area contributed by atoms with Gasteiger partial charge in [-0.1, -0.05) is 54.1 Å². The van der Waals surface area contributed by atoms with Crippen LogP contribution in [0, 0.1) is 31.6 Å². The summed E-state index contributed by atoms with van der Waals surface area (Å²) >= 11 is 5.41. The van der Waals surface area contributed by atoms with Gasteiger partial charge in [-0.25, -0.2) is 0 Å². The van der Waals surface area contributed by atoms with Gasteiger partial charge in [0.25, 0.3) is 5.91 Å². The number of allylic oxidation sites excluding steroid dienone is 1. The van der Waals surface area contributed by atoms with Crippen LogP contribution >= 0.6 is 27.7 Å². The molecule has 230 valence electrons. The lowest BCUT2D eigenvalue weighted by atomic mass is 9.71. The number of benzene rings is 1. The van der Waals surface area contributed by atoms with Crippen LogP contribution in [0.3, 0.4) is 0 Å². The summed E-state index contributed by atoms with van der Waals surface area (Å²) < 4.78 is 4.94. The van der Waals surface area contributed by atoms with Gasteiger partial charge in [-0.3, -0.25) is 14.4 Å². The van der Waals surface area contributed by atoms with E-state index in [1.807, 2.05) is 52.0 Å². The van der Waals surface area contributed by atoms with Crippen molar-refractivity contribution in [3.8, 4) is 0 Å². The number of hydrogen-bond donors (Lipinski definition) is 1. The Morgan fingerprint density at radius 1 is 1.26 bits per heavy atom. The first-order chi connectivity index (χ1) is 20.0. The Morgan fingerprint density at radius 2 is 2.00 bits per heavy atom. The average Bonchev–Trinajstić information content (AvgIpc) is 3.54. The summed E-state index contributed by atoms with van der Waals surface area (Å²) in [6.07, 6.45) is 7.12. The van der Waals surface area contributed by atoms with Crippen molar-refractivity contribution in [3.05, 3.63) is 54.6 Å². The van der Waals surface area contributed by atoms with Crippen molar-refractivity contribution in [1.29, 1.82) is 0 Å². The third-order valence-electron chi connectivity index (χ3n) is 8.86. The lowest BCUT2D eigenvalue weighted by molar-refractivity contribution is -0.154. The third-order valence-corrected chi connectivity index (χ3v) is 12.1. The minimum absolute atomic E-state index is 0.0497. The molecule has 3 fully saturated rings. The van der Waals surface area contributed by atoms with Crippen molar-refractivity contribution in [2.45, 2.75) is 86.7 Å². The average molecular weight is 662 g/mol. The second-order valence-corrected chi connectivity index (χ2v) is 15.1. The van der Waals surface area contributed by atoms with E-state index in [2.05, 4.69) is 29.1 Å². The molecule has 1 aromatic rings. The molecule has 4 rings (SSSR count). The minimum Gasteiger partial charge on any atom is -0.465 e. The zero-order valence-corrected chi connectivity index (χ0v) is 27.7. The molecule has 2 amide bonds. The lowest BCUT2D eigenvalue weighted by Gasteiger charge is -2.40. The second kappa shape index (κ2) is 13.7. The predicted octanol–water partition coefficient (Wildman–Crippen LogP) is 5.59. The summed E-state index contributed by atoms with van der Waals surface area (Å²) in [5, 5.41) is 10.4. The number of hydrogen-bond acceptors (Lipinski definition) is 6. The number of aliphatic hydroxyl groups is 1. The number of unbranched alkanes of at least 4 members (excludes halogenated alkanes) is 2. The maximum atomic E-state index is 14.9. The molecule has 3 heterocycles. The van der Waals surface area contributed by atoms with Gasteiger partial charge < -0.3 is 19.6 Å². The molecule has 0 radical (unpaired) electrons. The molecule has 1 aromatic carbocycles. The minimum atomic E-state index is -0.841. The van der Waals surface area contributed by atoms with Gasteiger partial charge in [0.2, 0.25) is 5.91 Å². The molecule has 1 N–H and O–H groups in total. The topological polar surface area (TPSA) is 87.2 Å². The number of thioether (sulfide) groups is 1. The maximum Gasteiger partial charge on any atom is 0.310 e. The van der Waals surface area contributed by atoms with Crippen molar-refractivity contribution in [2.75, 3.05) is 24.7 Å². The van der Waals surface area contributed by atoms with Crippen LogP contribution in [0.4, 0.5) is 5.69 Å². The SMILES string of the molecule is C=CCCCCOC(=O)[C@H]1[C@@H]2SC3(CC2Br)C(C(=O)N(CC=C)c2cc(C)ccc2C)N([C@@H](CO)CC(C)C)C(=O)[C@H]13. The highest BCUT2D eigenvalue weighted by molar-refractivity contribution is 9.09. The van der Waals surface area contributed by atoms with E-state index in [1.54, 1.807) is 27.6 Å². The van der Waals surface area contributed by atoms with Crippen molar-refractivity contribution in [1.82, 2.24) is 4.90 Å². The van der Waals surface area contributed by atoms with Gasteiger partial charge in [-0.15, -0.1) is 24.9 Å². The van der Waals surface area contributed by atoms with Crippen LogP contribution in [0.15, 0.2) is 43.5 Å². The van der Waals surface area contributed by atoms with Crippen molar-refractivity contribution in [3.63, 3.8) is 0 Å². The van der Waals surface area contributed by atoms with E-state index in [4.69, 9.17) is 4.74 Å². The fraction of sp³-hybridized carbons (Fsp3) is 0.606. The van der Waals surface area contributed by atoms with E-state index in [-0.39, 0.29) is 46.9 Å². The number of carbonyl (C=O) groups is 3. The number of nitrogens with zero attached hydrogens (tertiary/aromatic N) is 2. The number of aliphatic hydroxyl groups excluding tert-OH is 1. The van der Waals surface area contributed by atoms with Gasteiger partial charge in [0.05, 0.1) is 35.8 Å². The van der Waals surface area contributed by atoms with Gasteiger partial charge in [0.15, 0.2) is 0 Å². The first kappa shape index (κ1) is 32.8. The quantitative estimate of drug-likeness (QED) is 0.121. The number of esters is 1. The molecule has 3 saturated heterocycles. The molecule has 3 unspecified atom stereocenters. The molecule has 1 spiro atoms. The fourth-order valence-corrected chi connectivity index (χ4v) is 10.7. The number of amides is 2. The highest BCUT2D eigenvalue weighted by Crippen LogP contribution is 2.68. The van der Waals surface area contributed by atoms with Crippen molar-refractivity contribution < 1.29 is 24.2 Å². The molecule has 0 saturated carbocycles. The van der Waals surface area contributed by atoms with Crippen LogP contribution in [0.2, 0.25) is 0 Å². The van der Waals surface area contributed by atoms with Crippen LogP contribution < -0.4 is 4.90 Å². The second-order valence-electron chi connectivity index (χ2n) is 12.4. The molecule has 9 heteroatoms. The molecule has 0 aliphatic carbocycles. The number of fused-ring (bicyclic) bond motifs is 1. The number of ether oxygens (including phenoxy) is 1. The Bertz CT molecular complexity index is 1210. The van der Waals surface area contributed by atoms with E-state index in [0.717, 1.165) is 36.1 Å². The zero-order chi connectivity index (χ0) is 30.8. The summed E-state index contributed by atoms with van der Waals surface area (Å²) in [5.41, 5.74) is 2.75. The Morgan fingerprint density at radius 3 is 2.64 bits per heavy atom. The highest BCUT2D eigenvalue weighted by Gasteiger charge is 2.76. The van der Waals surface area contributed by atoms with Crippen LogP contribution in [-0.4, -0.2) is 74.5 Å². The first-order valence-electron chi connectivity index (χ1n) is 15.0. The Balaban J connectivity index is 1.78. The summed E-state index contributed by atoms with van der Waals surface area (Å²) in [6.45, 7) is 16.0. The molecule has 42 heavy (non-hydrogen) atoms. The first-order valence-corrected chi connectivity index (χ1v) is 16.8. The summed E-state index contributed by atoms with van der Waals surface area (Å²) in [7, 11) is 0. The van der Waals surface area contributed by atoms with Crippen molar-refractivity contribution >= 4 is 51.2 Å². The standard InChI is InChI=1S/C33H45BrN2O5S/c1-7-9-10-11-15-41-32(40)26-27-30(38)36(23(19-37)16-20(3)4)29(33(27)18-24(34)28(26)42-33)31(39)35(14-8-2)25-17-21(5)12-13-22(25)6/h7-8,12-13,17,20,23-24,26-29,37H,1-2,9-11,14-16,18-19H2,3-6H3/t23-,24?,26-,27+,28-,29?,33?/m1/s1. The van der Waals surface area contributed by atoms with E-state index >= 15 is 0 Å². The van der Waals surface area contributed by atoms with Gasteiger partial charge in [-0.2, -0.15) is 0 Å². The molecular weight excluding hydrogens is 616 g/mol. The highest BCUT2D eigenvalue weighted by atomic mass is 79.9. The van der Waals surface area contributed by atoms with Crippen LogP contribution in [-0.2, 0) is 19.1 Å². The third kappa shape index (κ3) is 5.98. The van der Waals surface area contributed by atoms with Gasteiger partial charge in [0, 0.05) is 22.3 Å². The number of rotatable bonds is 14. The number of halogens is 1. The Kier molecular flexibility index (Phi) is 10.7. The van der Waals surface area contributed by atoms with E-state index < -0.39 is 28.7 Å². The number of likely N-dealkylation sites (tertiary alicyclic amines) is 1. The number of carbonyl (C=O) groups excluding carboxylic acids is 3. The van der Waals surface area contributed by atoms with Gasteiger partial charge >= 0.3 is 5.97 Å². The molecule has 3 aliphatic heterocycles. The lowest BCUT2D eigenvalue weighted by Crippen LogP contribution is -2.58. The zero-order valence-electron chi connectivity index (χ0n) is 25.3. The van der Waals surface area contributed by atoms with E-state index in [0.29, 0.717) is 19.4 Å². The summed E-state index contributed by atoms with van der Waals surface area (Å²) in [6, 6.07) is 4.61.